The van der Waals surface area contributed by atoms with E-state index in [2.05, 4.69) is 4.98 Å². The van der Waals surface area contributed by atoms with Crippen molar-refractivity contribution in [1.82, 2.24) is 9.88 Å². The monoisotopic (exact) mass is 537 g/mol. The van der Waals surface area contributed by atoms with Crippen LogP contribution >= 0.6 is 0 Å². The van der Waals surface area contributed by atoms with Crippen LogP contribution in [0.5, 0.6) is 5.75 Å². The number of benzene rings is 3. The van der Waals surface area contributed by atoms with E-state index in [-0.39, 0.29) is 24.8 Å². The number of ether oxygens (including phenoxy) is 1. The molecule has 40 heavy (non-hydrogen) atoms. The molecule has 1 N–H and O–H groups in total. The molecule has 0 aliphatic carbocycles. The van der Waals surface area contributed by atoms with E-state index in [9.17, 15) is 19.5 Å². The van der Waals surface area contributed by atoms with Crippen molar-refractivity contribution >= 4 is 23.5 Å². The highest BCUT2D eigenvalue weighted by atomic mass is 16.5. The van der Waals surface area contributed by atoms with Crippen LogP contribution in [0.15, 0.2) is 97.3 Å². The second-order valence-electron chi connectivity index (χ2n) is 9.20. The third kappa shape index (κ3) is 6.71. The molecule has 0 atom stereocenters. The lowest BCUT2D eigenvalue weighted by molar-refractivity contribution is -0.137. The van der Waals surface area contributed by atoms with E-state index in [1.165, 1.54) is 4.90 Å². The van der Waals surface area contributed by atoms with Crippen LogP contribution in [0.2, 0.25) is 0 Å². The number of methoxy groups -OCH3 is 1. The Labute approximate surface area is 233 Å². The second-order valence-corrected chi connectivity index (χ2v) is 9.20. The number of nitrogens with zero attached hydrogens (tertiary/aromatic N) is 3. The fraction of sp³-hybridized carbons (Fsp3) is 0.188. The van der Waals surface area contributed by atoms with Crippen LogP contribution in [0, 0.1) is 0 Å². The molecule has 4 rings (SSSR count). The average Bonchev–Trinajstić information content (AvgIpc) is 3.00. The smallest absolute Gasteiger partial charge is 0.305 e. The molecular formula is C32H31N3O5. The van der Waals surface area contributed by atoms with Crippen molar-refractivity contribution in [3.8, 4) is 16.9 Å². The molecule has 8 heteroatoms. The summed E-state index contributed by atoms with van der Waals surface area (Å²) in [6, 6.07) is 25.3. The highest BCUT2D eigenvalue weighted by Gasteiger charge is 2.24. The van der Waals surface area contributed by atoms with Crippen LogP contribution in [-0.2, 0) is 11.2 Å². The molecule has 3 aromatic carbocycles. The number of hydrogen-bond acceptors (Lipinski definition) is 5. The molecule has 204 valence electrons. The molecule has 0 saturated carbocycles. The van der Waals surface area contributed by atoms with Gasteiger partial charge in [-0.1, -0.05) is 48.5 Å². The molecule has 0 spiro atoms. The first-order valence-electron chi connectivity index (χ1n) is 12.9. The fourth-order valence-corrected chi connectivity index (χ4v) is 4.48. The van der Waals surface area contributed by atoms with Crippen molar-refractivity contribution in [2.75, 3.05) is 32.1 Å². The maximum absolute atomic E-state index is 13.9. The van der Waals surface area contributed by atoms with Gasteiger partial charge in [-0.3, -0.25) is 19.4 Å². The number of carboxylic acid groups (broad SMARTS) is 1. The summed E-state index contributed by atoms with van der Waals surface area (Å²) < 4.78 is 5.31. The zero-order valence-corrected chi connectivity index (χ0v) is 22.5. The largest absolute Gasteiger partial charge is 0.497 e. The Morgan fingerprint density at radius 3 is 2.05 bits per heavy atom. The molecule has 4 aromatic rings. The van der Waals surface area contributed by atoms with E-state index in [0.717, 1.165) is 5.56 Å². The van der Waals surface area contributed by atoms with Gasteiger partial charge in [-0.25, -0.2) is 0 Å². The van der Waals surface area contributed by atoms with Crippen molar-refractivity contribution in [3.63, 3.8) is 0 Å². The lowest BCUT2D eigenvalue weighted by Gasteiger charge is -2.24. The Bertz CT molecular complexity index is 1490. The van der Waals surface area contributed by atoms with Crippen molar-refractivity contribution in [3.05, 3.63) is 114 Å². The summed E-state index contributed by atoms with van der Waals surface area (Å²) in [5.74, 6) is -0.805. The van der Waals surface area contributed by atoms with Crippen LogP contribution in [0.3, 0.4) is 0 Å². The minimum atomic E-state index is -0.984. The van der Waals surface area contributed by atoms with Crippen molar-refractivity contribution < 1.29 is 24.2 Å². The molecule has 2 amide bonds. The quantitative estimate of drug-likeness (QED) is 0.283. The van der Waals surface area contributed by atoms with E-state index in [0.29, 0.717) is 46.7 Å². The molecule has 0 aliphatic heterocycles. The predicted molar refractivity (Wildman–Crippen MR) is 154 cm³/mol. The van der Waals surface area contributed by atoms with Gasteiger partial charge in [0.05, 0.1) is 13.5 Å². The predicted octanol–water partition coefficient (Wildman–Crippen LogP) is 5.19. The number of anilines is 1. The molecule has 1 aromatic heterocycles. The zero-order valence-electron chi connectivity index (χ0n) is 22.5. The normalized spacial score (nSPS) is 10.6. The summed E-state index contributed by atoms with van der Waals surface area (Å²) in [6.07, 6.45) is 3.58. The van der Waals surface area contributed by atoms with Crippen LogP contribution < -0.4 is 9.64 Å². The molecule has 0 bridgehead atoms. The lowest BCUT2D eigenvalue weighted by atomic mass is 9.94. The molecule has 0 aliphatic rings. The van der Waals surface area contributed by atoms with E-state index < -0.39 is 5.97 Å². The highest BCUT2D eigenvalue weighted by molar-refractivity contribution is 6.11. The van der Waals surface area contributed by atoms with Crippen molar-refractivity contribution in [1.29, 1.82) is 0 Å². The maximum atomic E-state index is 13.9. The second kappa shape index (κ2) is 13.2. The van der Waals surface area contributed by atoms with Crippen LogP contribution in [0.1, 0.15) is 32.7 Å². The fourth-order valence-electron chi connectivity index (χ4n) is 4.48. The topological polar surface area (TPSA) is 100 Å². The number of amides is 2. The van der Waals surface area contributed by atoms with Crippen LogP contribution in [-0.4, -0.2) is 60.0 Å². The molecule has 0 unspecified atom stereocenters. The Kier molecular flexibility index (Phi) is 9.25. The number of aromatic nitrogens is 1. The highest BCUT2D eigenvalue weighted by Crippen LogP contribution is 2.30. The molecular weight excluding hydrogens is 506 g/mol. The van der Waals surface area contributed by atoms with Gasteiger partial charge in [-0.15, -0.1) is 0 Å². The summed E-state index contributed by atoms with van der Waals surface area (Å²) in [6.45, 7) is 0.372. The molecule has 0 fully saturated rings. The maximum Gasteiger partial charge on any atom is 0.305 e. The first-order valence-corrected chi connectivity index (χ1v) is 12.9. The summed E-state index contributed by atoms with van der Waals surface area (Å²) in [4.78, 5) is 46.0. The Morgan fingerprint density at radius 1 is 0.800 bits per heavy atom. The van der Waals surface area contributed by atoms with Gasteiger partial charge < -0.3 is 19.6 Å². The number of carboxylic acids is 1. The number of pyridine rings is 1. The Morgan fingerprint density at radius 2 is 1.43 bits per heavy atom. The van der Waals surface area contributed by atoms with E-state index in [1.807, 2.05) is 48.5 Å². The number of carbonyl (C=O) groups is 3. The molecule has 8 nitrogen and oxygen atoms in total. The van der Waals surface area contributed by atoms with Crippen molar-refractivity contribution in [2.45, 2.75) is 12.8 Å². The number of carbonyl (C=O) groups excluding carboxylic acids is 2. The minimum absolute atomic E-state index is 0.0534. The van der Waals surface area contributed by atoms with Crippen LogP contribution in [0.4, 0.5) is 5.69 Å². The zero-order chi connectivity index (χ0) is 28.5. The summed E-state index contributed by atoms with van der Waals surface area (Å²) in [7, 11) is 3.29. The molecule has 0 saturated heterocycles. The molecule has 1 heterocycles. The Hall–Kier alpha value is -4.98. The standard InChI is InChI=1S/C32H31N3O5/c1-34(24-14-18-33-19-15-24)31(38)28-12-5-3-10-26(28)27-11-4-6-13-29(27)32(39)35(21-17-30(36)37)20-16-23-8-7-9-25(22-23)40-2/h3-15,18-19,22H,16-17,20-21H2,1-2H3,(H,36,37). The van der Waals surface area contributed by atoms with E-state index in [1.54, 1.807) is 67.8 Å². The minimum Gasteiger partial charge on any atom is -0.497 e. The third-order valence-electron chi connectivity index (χ3n) is 6.65. The SMILES string of the molecule is COc1cccc(CCN(CCC(=O)O)C(=O)c2ccccc2-c2ccccc2C(=O)N(C)c2ccncc2)c1. The van der Waals surface area contributed by atoms with E-state index in [4.69, 9.17) is 4.74 Å². The van der Waals surface area contributed by atoms with Gasteiger partial charge in [0.15, 0.2) is 0 Å². The van der Waals surface area contributed by atoms with E-state index >= 15 is 0 Å². The van der Waals surface area contributed by atoms with Gasteiger partial charge in [0.25, 0.3) is 11.8 Å². The lowest BCUT2D eigenvalue weighted by Crippen LogP contribution is -2.35. The van der Waals surface area contributed by atoms with Gasteiger partial charge in [-0.2, -0.15) is 0 Å². The number of rotatable bonds is 11. The van der Waals surface area contributed by atoms with Crippen molar-refractivity contribution in [2.24, 2.45) is 0 Å². The third-order valence-corrected chi connectivity index (χ3v) is 6.65. The summed E-state index contributed by atoms with van der Waals surface area (Å²) in [5, 5.41) is 9.34. The van der Waals surface area contributed by atoms with Gasteiger partial charge >= 0.3 is 5.97 Å². The first-order chi connectivity index (χ1) is 19.4. The van der Waals surface area contributed by atoms with Crippen LogP contribution in [0.25, 0.3) is 11.1 Å². The number of hydrogen-bond donors (Lipinski definition) is 1. The molecule has 0 radical (unpaired) electrons. The van der Waals surface area contributed by atoms with Gasteiger partial charge in [0, 0.05) is 49.3 Å². The van der Waals surface area contributed by atoms with Gasteiger partial charge in [0.2, 0.25) is 0 Å². The summed E-state index contributed by atoms with van der Waals surface area (Å²) >= 11 is 0. The first kappa shape index (κ1) is 28.0. The van der Waals surface area contributed by atoms with Gasteiger partial charge in [-0.05, 0) is 59.5 Å². The number of aliphatic carboxylic acids is 1. The van der Waals surface area contributed by atoms with Gasteiger partial charge in [0.1, 0.15) is 5.75 Å². The average molecular weight is 538 g/mol. The Balaban J connectivity index is 1.67. The summed E-state index contributed by atoms with van der Waals surface area (Å²) in [5.41, 5.74) is 3.71.